The van der Waals surface area contributed by atoms with Crippen LogP contribution in [0.1, 0.15) is 30.7 Å². The zero-order chi connectivity index (χ0) is 11.3. The van der Waals surface area contributed by atoms with Crippen LogP contribution in [0.25, 0.3) is 0 Å². The van der Waals surface area contributed by atoms with Crippen LogP contribution in [0.4, 0.5) is 0 Å². The molecule has 1 unspecified atom stereocenters. The van der Waals surface area contributed by atoms with Gasteiger partial charge in [0.2, 0.25) is 0 Å². The van der Waals surface area contributed by atoms with Crippen molar-refractivity contribution >= 4 is 5.97 Å². The van der Waals surface area contributed by atoms with Gasteiger partial charge >= 0.3 is 5.97 Å². The number of esters is 1. The van der Waals surface area contributed by atoms with Crippen molar-refractivity contribution in [2.45, 2.75) is 26.4 Å². The van der Waals surface area contributed by atoms with Crippen LogP contribution in [0.2, 0.25) is 0 Å². The molecule has 0 aliphatic carbocycles. The lowest BCUT2D eigenvalue weighted by atomic mass is 10.1. The average molecular weight is 209 g/mol. The maximum absolute atomic E-state index is 11.1. The second-order valence-electron chi connectivity index (χ2n) is 3.26. The summed E-state index contributed by atoms with van der Waals surface area (Å²) in [6.45, 7) is 3.91. The molecule has 1 rings (SSSR count). The average Bonchev–Trinajstić information content (AvgIpc) is 2.18. The van der Waals surface area contributed by atoms with Crippen molar-refractivity contribution in [1.82, 2.24) is 4.98 Å². The van der Waals surface area contributed by atoms with Crippen molar-refractivity contribution < 1.29 is 14.6 Å². The molecule has 1 heterocycles. The zero-order valence-electron chi connectivity index (χ0n) is 8.93. The third kappa shape index (κ3) is 3.67. The Morgan fingerprint density at radius 3 is 3.00 bits per heavy atom. The monoisotopic (exact) mass is 209 g/mol. The Balaban J connectivity index is 2.60. The molecular weight excluding hydrogens is 194 g/mol. The fraction of sp³-hybridized carbons (Fsp3) is 0.455. The van der Waals surface area contributed by atoms with Gasteiger partial charge in [-0.25, -0.2) is 0 Å². The van der Waals surface area contributed by atoms with Gasteiger partial charge < -0.3 is 9.84 Å². The number of aliphatic hydroxyl groups is 1. The van der Waals surface area contributed by atoms with Crippen molar-refractivity contribution in [2.75, 3.05) is 6.61 Å². The highest BCUT2D eigenvalue weighted by molar-refractivity contribution is 5.70. The molecule has 4 nitrogen and oxygen atoms in total. The van der Waals surface area contributed by atoms with Crippen molar-refractivity contribution in [1.29, 1.82) is 0 Å². The van der Waals surface area contributed by atoms with Gasteiger partial charge in [-0.15, -0.1) is 0 Å². The van der Waals surface area contributed by atoms with E-state index in [0.717, 1.165) is 5.69 Å². The van der Waals surface area contributed by atoms with Gasteiger partial charge in [0.1, 0.15) is 0 Å². The number of ether oxygens (including phenoxy) is 1. The predicted octanol–water partition coefficient (Wildman–Crippen LogP) is 1.38. The van der Waals surface area contributed by atoms with E-state index in [0.29, 0.717) is 12.2 Å². The normalized spacial score (nSPS) is 12.2. The highest BCUT2D eigenvalue weighted by atomic mass is 16.5. The summed E-state index contributed by atoms with van der Waals surface area (Å²) in [6, 6.07) is 3.45. The van der Waals surface area contributed by atoms with Crippen LogP contribution in [0.3, 0.4) is 0 Å². The first-order valence-electron chi connectivity index (χ1n) is 4.89. The summed E-state index contributed by atoms with van der Waals surface area (Å²) < 4.78 is 4.75. The molecule has 0 radical (unpaired) electrons. The van der Waals surface area contributed by atoms with E-state index in [2.05, 4.69) is 4.98 Å². The lowest BCUT2D eigenvalue weighted by Crippen LogP contribution is -2.10. The molecule has 1 atom stereocenters. The summed E-state index contributed by atoms with van der Waals surface area (Å²) in [5, 5.41) is 9.71. The van der Waals surface area contributed by atoms with Crippen LogP contribution in [0, 0.1) is 6.92 Å². The standard InChI is InChI=1S/C11H15NO3/c1-3-15-11(14)7-10(13)9-4-5-12-8(2)6-9/h4-6,10,13H,3,7H2,1-2H3. The van der Waals surface area contributed by atoms with Gasteiger partial charge in [-0.2, -0.15) is 0 Å². The molecule has 1 aromatic heterocycles. The third-order valence-corrected chi connectivity index (χ3v) is 1.97. The molecule has 1 N–H and O–H groups in total. The van der Waals surface area contributed by atoms with Gasteiger partial charge in [-0.05, 0) is 31.5 Å². The molecular formula is C11H15NO3. The highest BCUT2D eigenvalue weighted by Gasteiger charge is 2.13. The molecule has 82 valence electrons. The summed E-state index contributed by atoms with van der Waals surface area (Å²) in [4.78, 5) is 15.1. The highest BCUT2D eigenvalue weighted by Crippen LogP contribution is 2.16. The van der Waals surface area contributed by atoms with Crippen LogP contribution in [0.5, 0.6) is 0 Å². The van der Waals surface area contributed by atoms with E-state index < -0.39 is 6.10 Å². The van der Waals surface area contributed by atoms with E-state index in [4.69, 9.17) is 4.74 Å². The quantitative estimate of drug-likeness (QED) is 0.761. The number of nitrogens with zero attached hydrogens (tertiary/aromatic N) is 1. The lowest BCUT2D eigenvalue weighted by molar-refractivity contribution is -0.145. The summed E-state index contributed by atoms with van der Waals surface area (Å²) in [6.07, 6.45) is 0.779. The molecule has 0 spiro atoms. The van der Waals surface area contributed by atoms with Crippen molar-refractivity contribution in [3.63, 3.8) is 0 Å². The molecule has 4 heteroatoms. The van der Waals surface area contributed by atoms with Crippen LogP contribution in [0.15, 0.2) is 18.3 Å². The van der Waals surface area contributed by atoms with Crippen LogP contribution in [-0.4, -0.2) is 22.7 Å². The number of hydrogen-bond donors (Lipinski definition) is 1. The van der Waals surface area contributed by atoms with Gasteiger partial charge in [-0.1, -0.05) is 0 Å². The van der Waals surface area contributed by atoms with Gasteiger partial charge in [0.15, 0.2) is 0 Å². The van der Waals surface area contributed by atoms with E-state index in [-0.39, 0.29) is 12.4 Å². The Bertz CT molecular complexity index is 338. The maximum Gasteiger partial charge on any atom is 0.308 e. The van der Waals surface area contributed by atoms with Gasteiger partial charge in [0, 0.05) is 11.9 Å². The Morgan fingerprint density at radius 2 is 2.40 bits per heavy atom. The van der Waals surface area contributed by atoms with Crippen LogP contribution >= 0.6 is 0 Å². The van der Waals surface area contributed by atoms with E-state index in [1.54, 1.807) is 25.3 Å². The predicted molar refractivity (Wildman–Crippen MR) is 55.2 cm³/mol. The Hall–Kier alpha value is -1.42. The van der Waals surface area contributed by atoms with E-state index in [1.807, 2.05) is 6.92 Å². The molecule has 0 bridgehead atoms. The SMILES string of the molecule is CCOC(=O)CC(O)c1ccnc(C)c1. The molecule has 0 saturated carbocycles. The van der Waals surface area contributed by atoms with Crippen molar-refractivity contribution in [2.24, 2.45) is 0 Å². The third-order valence-electron chi connectivity index (χ3n) is 1.97. The Kier molecular flexibility index (Phi) is 4.24. The molecule has 0 aliphatic rings. The summed E-state index contributed by atoms with van der Waals surface area (Å²) in [5.74, 6) is -0.389. The lowest BCUT2D eigenvalue weighted by Gasteiger charge is -2.10. The van der Waals surface area contributed by atoms with Gasteiger partial charge in [0.05, 0.1) is 19.1 Å². The number of carbonyl (C=O) groups excluding carboxylic acids is 1. The fourth-order valence-corrected chi connectivity index (χ4v) is 1.27. The van der Waals surface area contributed by atoms with E-state index >= 15 is 0 Å². The van der Waals surface area contributed by atoms with Crippen molar-refractivity contribution in [3.05, 3.63) is 29.6 Å². The first kappa shape index (κ1) is 11.7. The summed E-state index contributed by atoms with van der Waals surface area (Å²) in [7, 11) is 0. The number of aryl methyl sites for hydroxylation is 1. The van der Waals surface area contributed by atoms with E-state index in [1.165, 1.54) is 0 Å². The molecule has 1 aromatic rings. The largest absolute Gasteiger partial charge is 0.466 e. The summed E-state index contributed by atoms with van der Waals surface area (Å²) in [5.41, 5.74) is 1.51. The topological polar surface area (TPSA) is 59.4 Å². The second-order valence-corrected chi connectivity index (χ2v) is 3.26. The molecule has 0 aliphatic heterocycles. The van der Waals surface area contributed by atoms with Crippen LogP contribution < -0.4 is 0 Å². The molecule has 0 saturated heterocycles. The minimum absolute atomic E-state index is 0.0166. The zero-order valence-corrected chi connectivity index (χ0v) is 8.93. The Morgan fingerprint density at radius 1 is 1.67 bits per heavy atom. The molecule has 15 heavy (non-hydrogen) atoms. The molecule has 0 fully saturated rings. The number of aliphatic hydroxyl groups excluding tert-OH is 1. The smallest absolute Gasteiger partial charge is 0.308 e. The first-order valence-corrected chi connectivity index (χ1v) is 4.89. The fourth-order valence-electron chi connectivity index (χ4n) is 1.27. The van der Waals surface area contributed by atoms with E-state index in [9.17, 15) is 9.90 Å². The molecule has 0 amide bonds. The summed E-state index contributed by atoms with van der Waals surface area (Å²) >= 11 is 0. The van der Waals surface area contributed by atoms with Crippen molar-refractivity contribution in [3.8, 4) is 0 Å². The number of pyridine rings is 1. The second kappa shape index (κ2) is 5.46. The minimum Gasteiger partial charge on any atom is -0.466 e. The number of aromatic nitrogens is 1. The molecule has 0 aromatic carbocycles. The maximum atomic E-state index is 11.1. The Labute approximate surface area is 88.9 Å². The minimum atomic E-state index is -0.814. The van der Waals surface area contributed by atoms with Gasteiger partial charge in [-0.3, -0.25) is 9.78 Å². The number of carbonyl (C=O) groups is 1. The first-order chi connectivity index (χ1) is 7.13. The van der Waals surface area contributed by atoms with Crippen LogP contribution in [-0.2, 0) is 9.53 Å². The van der Waals surface area contributed by atoms with Gasteiger partial charge in [0.25, 0.3) is 0 Å². The number of hydrogen-bond acceptors (Lipinski definition) is 4. The number of rotatable bonds is 4.